The Morgan fingerprint density at radius 2 is 1.11 bits per heavy atom. The number of nitrogens with zero attached hydrogens (tertiary/aromatic N) is 1. The van der Waals surface area contributed by atoms with Crippen LogP contribution in [0, 0.1) is 37.1 Å². The summed E-state index contributed by atoms with van der Waals surface area (Å²) >= 11 is -0.556. The van der Waals surface area contributed by atoms with Gasteiger partial charge in [0.25, 0.3) is 0 Å². The number of halogens is 2. The Bertz CT molecular complexity index is 440. The normalized spacial score (nSPS) is 7.74. The van der Waals surface area contributed by atoms with Crippen molar-refractivity contribution >= 4 is 24.3 Å². The van der Waals surface area contributed by atoms with Crippen molar-refractivity contribution in [2.75, 3.05) is 7.05 Å². The molecule has 0 saturated heterocycles. The molecule has 0 bridgehead atoms. The maximum Gasteiger partial charge on any atom is -0.172 e. The van der Waals surface area contributed by atoms with Crippen molar-refractivity contribution in [1.29, 1.82) is 0 Å². The summed E-state index contributed by atoms with van der Waals surface area (Å²) in [5.41, 5.74) is 3.91. The molecular weight excluding hydrogens is 409 g/mol. The van der Waals surface area contributed by atoms with E-state index in [1.54, 1.807) is 0 Å². The molecule has 1 nitrogen and oxygen atoms in total. The maximum absolute atomic E-state index is 4.89. The molecule has 0 N–H and O–H groups in total. The molecular formula is C23H40Cl2NTi-7. The minimum Gasteiger partial charge on any atom is -0.214 e. The van der Waals surface area contributed by atoms with Crippen LogP contribution in [-0.4, -0.2) is 7.05 Å². The molecule has 0 fully saturated rings. The van der Waals surface area contributed by atoms with Gasteiger partial charge >= 0.3 is 35.6 Å². The number of hydrogen-bond acceptors (Lipinski definition) is 0. The summed E-state index contributed by atoms with van der Waals surface area (Å²) in [5, 5.41) is 4.41. The van der Waals surface area contributed by atoms with Crippen LogP contribution < -0.4 is 0 Å². The smallest absolute Gasteiger partial charge is 0.172 e. The van der Waals surface area contributed by atoms with E-state index >= 15 is 0 Å². The summed E-state index contributed by atoms with van der Waals surface area (Å²) in [6.45, 7) is 8.87. The zero-order chi connectivity index (χ0) is 17.0. The molecule has 0 atom stereocenters. The topological polar surface area (TPSA) is 14.1 Å². The monoisotopic (exact) mass is 448 g/mol. The largest absolute Gasteiger partial charge is 0.214 e. The Morgan fingerprint density at radius 1 is 0.778 bits per heavy atom. The van der Waals surface area contributed by atoms with E-state index in [-0.39, 0.29) is 37.1 Å². The first-order valence-corrected chi connectivity index (χ1v) is 11.6. The van der Waals surface area contributed by atoms with E-state index < -0.39 is 17.0 Å². The van der Waals surface area contributed by atoms with E-state index in [9.17, 15) is 0 Å². The number of benzene rings is 1. The Morgan fingerprint density at radius 3 is 1.30 bits per heavy atom. The summed E-state index contributed by atoms with van der Waals surface area (Å²) in [7, 11) is 11.7. The molecule has 2 aromatic rings. The van der Waals surface area contributed by atoms with Gasteiger partial charge in [0.05, 0.1) is 0 Å². The Labute approximate surface area is 189 Å². The van der Waals surface area contributed by atoms with Gasteiger partial charge in [-0.3, -0.25) is 0 Å². The maximum atomic E-state index is 4.89. The molecule has 0 aliphatic rings. The van der Waals surface area contributed by atoms with Crippen molar-refractivity contribution in [1.82, 2.24) is 0 Å². The third-order valence-electron chi connectivity index (χ3n) is 3.12. The Balaban J connectivity index is -0.0000000728. The first-order valence-electron chi connectivity index (χ1n) is 7.35. The summed E-state index contributed by atoms with van der Waals surface area (Å²) in [4.78, 5) is 0. The number of rotatable bonds is 3. The first kappa shape index (κ1) is 41.1. The molecule has 0 aliphatic carbocycles. The minimum atomic E-state index is -0.556. The van der Waals surface area contributed by atoms with E-state index in [4.69, 9.17) is 18.6 Å². The molecule has 0 amide bonds. The van der Waals surface area contributed by atoms with Gasteiger partial charge in [0.1, 0.15) is 0 Å². The summed E-state index contributed by atoms with van der Waals surface area (Å²) in [6, 6.07) is 16.5. The van der Waals surface area contributed by atoms with E-state index in [2.05, 4.69) is 51.2 Å². The van der Waals surface area contributed by atoms with Crippen LogP contribution >= 0.6 is 18.6 Å². The molecule has 0 aromatic heterocycles. The average Bonchev–Trinajstić information content (AvgIpc) is 3.06. The van der Waals surface area contributed by atoms with Gasteiger partial charge < -0.3 is 42.5 Å². The van der Waals surface area contributed by atoms with Crippen LogP contribution in [0.25, 0.3) is 5.32 Å². The van der Waals surface area contributed by atoms with Crippen LogP contribution in [0.5, 0.6) is 0 Å². The fourth-order valence-electron chi connectivity index (χ4n) is 2.09. The molecule has 0 aliphatic heterocycles. The molecule has 2 aromatic carbocycles. The fraction of sp³-hybridized carbons (Fsp3) is 0.304. The second kappa shape index (κ2) is 25.7. The molecule has 162 valence electrons. The van der Waals surface area contributed by atoms with Crippen molar-refractivity contribution in [3.63, 3.8) is 0 Å². The third-order valence-corrected chi connectivity index (χ3v) is 3.12. The number of para-hydroxylation sites is 1. The first-order chi connectivity index (χ1) is 10.5. The van der Waals surface area contributed by atoms with Gasteiger partial charge in [0.2, 0.25) is 0 Å². The van der Waals surface area contributed by atoms with Gasteiger partial charge in [-0.1, -0.05) is 57.0 Å². The summed E-state index contributed by atoms with van der Waals surface area (Å²) in [6.07, 6.45) is 0. The minimum absolute atomic E-state index is 0. The molecule has 0 heterocycles. The van der Waals surface area contributed by atoms with Gasteiger partial charge in [-0.05, 0) is 11.8 Å². The second-order valence-electron chi connectivity index (χ2n) is 5.35. The summed E-state index contributed by atoms with van der Waals surface area (Å²) < 4.78 is 0. The van der Waals surface area contributed by atoms with E-state index in [0.717, 1.165) is 0 Å². The molecule has 4 heteroatoms. The molecule has 0 saturated carbocycles. The predicted molar refractivity (Wildman–Crippen MR) is 129 cm³/mol. The van der Waals surface area contributed by atoms with Crippen LogP contribution in [0.2, 0.25) is 0 Å². The molecule has 0 spiro atoms. The number of hydrogen-bond donors (Lipinski definition) is 0. The van der Waals surface area contributed by atoms with Crippen LogP contribution in [0.15, 0.2) is 48.5 Å². The third kappa shape index (κ3) is 17.5. The van der Waals surface area contributed by atoms with Crippen LogP contribution in [0.1, 0.15) is 50.7 Å². The van der Waals surface area contributed by atoms with E-state index in [0.29, 0.717) is 11.8 Å². The molecule has 0 unspecified atom stereocenters. The van der Waals surface area contributed by atoms with Gasteiger partial charge in [0, 0.05) is 0 Å². The Kier molecular flexibility index (Phi) is 39.1. The predicted octanol–water partition coefficient (Wildman–Crippen LogP) is 9.60. The van der Waals surface area contributed by atoms with Gasteiger partial charge in [0.15, 0.2) is 0 Å². The van der Waals surface area contributed by atoms with Crippen LogP contribution in [0.3, 0.4) is 0 Å². The van der Waals surface area contributed by atoms with Crippen molar-refractivity contribution in [3.05, 3.63) is 102 Å². The van der Waals surface area contributed by atoms with Crippen molar-refractivity contribution in [2.24, 2.45) is 0 Å². The van der Waals surface area contributed by atoms with Crippen LogP contribution in [0.4, 0.5) is 5.69 Å². The van der Waals surface area contributed by atoms with Crippen molar-refractivity contribution in [3.8, 4) is 0 Å². The summed E-state index contributed by atoms with van der Waals surface area (Å²) in [5.74, 6) is 1.10. The SMILES string of the molecule is C[N-]c1c(C(C)C)cccc1C(C)C.[CH3-].[CH3-].[CH3-].[CH3-].[CH3-].[Cl][Ti][Cl].c1cc[cH-]c1. The van der Waals surface area contributed by atoms with Gasteiger partial charge in [-0.15, -0.1) is 12.7 Å². The van der Waals surface area contributed by atoms with E-state index in [1.165, 1.54) is 16.8 Å². The zero-order valence-corrected chi connectivity index (χ0v) is 22.1. The van der Waals surface area contributed by atoms with E-state index in [1.807, 2.05) is 37.4 Å². The van der Waals surface area contributed by atoms with Gasteiger partial charge in [-0.25, -0.2) is 12.1 Å². The molecule has 27 heavy (non-hydrogen) atoms. The standard InChI is InChI=1S/C13H20N.C5H5.5CH3.2ClH.Ti/c1-9(2)11-7-6-8-12(10(3)4)13(11)14-5;1-2-4-5-3-1;;;;;;;;/h6-10H,1-5H3;1-5H;5*1H3;2*1H;/q7*-1;;;+2/p-2. The van der Waals surface area contributed by atoms with Crippen molar-refractivity contribution < 1.29 is 17.0 Å². The fourth-order valence-corrected chi connectivity index (χ4v) is 2.09. The average molecular weight is 449 g/mol. The second-order valence-corrected chi connectivity index (χ2v) is 7.93. The molecule has 0 radical (unpaired) electrons. The zero-order valence-electron chi connectivity index (χ0n) is 19.0. The molecule has 2 rings (SSSR count). The van der Waals surface area contributed by atoms with Gasteiger partial charge in [-0.2, -0.15) is 18.2 Å². The quantitative estimate of drug-likeness (QED) is 0.327. The van der Waals surface area contributed by atoms with Crippen molar-refractivity contribution in [2.45, 2.75) is 39.5 Å². The van der Waals surface area contributed by atoms with Crippen LogP contribution in [-0.2, 0) is 17.0 Å². The Hall–Kier alpha value is -0.336.